The third-order valence-corrected chi connectivity index (χ3v) is 4.27. The number of rotatable bonds is 4. The third-order valence-electron chi connectivity index (χ3n) is 4.27. The van der Waals surface area contributed by atoms with E-state index in [1.807, 2.05) is 34.1 Å². The van der Waals surface area contributed by atoms with Crippen molar-refractivity contribution in [2.24, 2.45) is 0 Å². The molecule has 1 heterocycles. The zero-order valence-corrected chi connectivity index (χ0v) is 15.0. The van der Waals surface area contributed by atoms with E-state index in [2.05, 4.69) is 0 Å². The molecule has 1 aliphatic heterocycles. The zero-order valence-electron chi connectivity index (χ0n) is 15.0. The molecule has 0 N–H and O–H groups in total. The Balaban J connectivity index is 1.61. The van der Waals surface area contributed by atoms with Crippen LogP contribution in [-0.4, -0.2) is 38.5 Å². The molecule has 0 atom stereocenters. The molecule has 2 aromatic rings. The summed E-state index contributed by atoms with van der Waals surface area (Å²) >= 11 is 0. The second-order valence-corrected chi connectivity index (χ2v) is 6.21. The predicted octanol–water partition coefficient (Wildman–Crippen LogP) is 3.28. The molecule has 1 aliphatic rings. The first-order chi connectivity index (χ1) is 12.5. The van der Waals surface area contributed by atoms with Crippen molar-refractivity contribution in [3.8, 4) is 0 Å². The highest BCUT2D eigenvalue weighted by Crippen LogP contribution is 2.20. The summed E-state index contributed by atoms with van der Waals surface area (Å²) in [5.74, 6) is 0.0892. The van der Waals surface area contributed by atoms with Crippen LogP contribution in [0.15, 0.2) is 48.5 Å². The summed E-state index contributed by atoms with van der Waals surface area (Å²) in [5, 5.41) is 0. The van der Waals surface area contributed by atoms with Crippen molar-refractivity contribution >= 4 is 22.9 Å². The molecule has 2 aromatic carbocycles. The topological polar surface area (TPSA) is 59.1 Å². The number of ketones is 2. The Bertz CT molecular complexity index is 696. The van der Waals surface area contributed by atoms with Gasteiger partial charge in [0.1, 0.15) is 26.9 Å². The molecule has 3 rings (SSSR count). The first kappa shape index (κ1) is 18.1. The molecular weight excluding hydrogens is 332 g/mol. The molecule has 0 radical (unpaired) electrons. The van der Waals surface area contributed by atoms with E-state index in [4.69, 9.17) is 9.47 Å². The van der Waals surface area contributed by atoms with E-state index in [0.717, 1.165) is 11.4 Å². The smallest absolute Gasteiger partial charge is 0.159 e. The first-order valence-corrected chi connectivity index (χ1v) is 8.42. The Labute approximate surface area is 152 Å². The van der Waals surface area contributed by atoms with Gasteiger partial charge in [0.05, 0.1) is 0 Å². The largest absolute Gasteiger partial charge is 0.341 e. The number of hydrogen-bond acceptors (Lipinski definition) is 6. The number of carbonyl (C=O) groups excluding carboxylic acids is 2. The molecular formula is C20H22N2O4. The van der Waals surface area contributed by atoms with Gasteiger partial charge in [-0.05, 0) is 62.4 Å². The van der Waals surface area contributed by atoms with E-state index in [9.17, 15) is 9.59 Å². The Morgan fingerprint density at radius 2 is 0.962 bits per heavy atom. The molecule has 0 saturated carbocycles. The third kappa shape index (κ3) is 4.28. The lowest BCUT2D eigenvalue weighted by atomic mass is 10.1. The summed E-state index contributed by atoms with van der Waals surface area (Å²) in [5.41, 5.74) is 3.24. The molecule has 6 heteroatoms. The lowest BCUT2D eigenvalue weighted by Crippen LogP contribution is -2.39. The van der Waals surface area contributed by atoms with Gasteiger partial charge in [0.2, 0.25) is 0 Å². The molecule has 1 saturated heterocycles. The number of hydrogen-bond donors (Lipinski definition) is 0. The monoisotopic (exact) mass is 354 g/mol. The maximum Gasteiger partial charge on any atom is 0.159 e. The van der Waals surface area contributed by atoms with Crippen LogP contribution in [0.2, 0.25) is 0 Å². The molecule has 1 fully saturated rings. The highest BCUT2D eigenvalue weighted by atomic mass is 16.5. The number of Topliss-reactive ketones (excluding diaryl/α,β-unsaturated/α-hetero) is 2. The van der Waals surface area contributed by atoms with Crippen molar-refractivity contribution in [1.82, 2.24) is 0 Å². The fourth-order valence-electron chi connectivity index (χ4n) is 2.71. The van der Waals surface area contributed by atoms with Gasteiger partial charge in [-0.2, -0.15) is 0 Å². The SMILES string of the molecule is CC(=O)c1ccc(N2COCN(c3ccc(C(C)=O)cc3)COC2)cc1. The maximum atomic E-state index is 11.4. The van der Waals surface area contributed by atoms with Crippen LogP contribution in [0, 0.1) is 0 Å². The molecule has 0 bridgehead atoms. The van der Waals surface area contributed by atoms with Crippen LogP contribution >= 0.6 is 0 Å². The minimum Gasteiger partial charge on any atom is -0.341 e. The predicted molar refractivity (Wildman–Crippen MR) is 99.5 cm³/mol. The molecule has 0 unspecified atom stereocenters. The van der Waals surface area contributed by atoms with Gasteiger partial charge in [-0.25, -0.2) is 0 Å². The van der Waals surface area contributed by atoms with Gasteiger partial charge in [0.15, 0.2) is 11.6 Å². The Hall–Kier alpha value is -2.70. The number of anilines is 2. The summed E-state index contributed by atoms with van der Waals surface area (Å²) in [6.45, 7) is 4.61. The second kappa shape index (κ2) is 8.12. The van der Waals surface area contributed by atoms with Gasteiger partial charge in [-0.1, -0.05) is 0 Å². The number of nitrogens with zero attached hydrogens (tertiary/aromatic N) is 2. The van der Waals surface area contributed by atoms with Crippen LogP contribution in [-0.2, 0) is 9.47 Å². The van der Waals surface area contributed by atoms with Gasteiger partial charge < -0.3 is 19.3 Å². The summed E-state index contributed by atoms with van der Waals surface area (Å²) in [7, 11) is 0. The quantitative estimate of drug-likeness (QED) is 0.786. The van der Waals surface area contributed by atoms with Crippen molar-refractivity contribution in [3.63, 3.8) is 0 Å². The van der Waals surface area contributed by atoms with Crippen LogP contribution in [0.25, 0.3) is 0 Å². The van der Waals surface area contributed by atoms with Gasteiger partial charge in [-0.15, -0.1) is 0 Å². The van der Waals surface area contributed by atoms with Crippen LogP contribution in [0.4, 0.5) is 11.4 Å². The normalized spacial score (nSPS) is 15.3. The van der Waals surface area contributed by atoms with Gasteiger partial charge in [0.25, 0.3) is 0 Å². The van der Waals surface area contributed by atoms with Gasteiger partial charge in [0, 0.05) is 22.5 Å². The van der Waals surface area contributed by atoms with E-state index in [0.29, 0.717) is 38.1 Å². The molecule has 26 heavy (non-hydrogen) atoms. The molecule has 0 spiro atoms. The van der Waals surface area contributed by atoms with Crippen molar-refractivity contribution in [1.29, 1.82) is 0 Å². The van der Waals surface area contributed by atoms with Crippen molar-refractivity contribution in [3.05, 3.63) is 59.7 Å². The van der Waals surface area contributed by atoms with Crippen molar-refractivity contribution in [2.45, 2.75) is 13.8 Å². The van der Waals surface area contributed by atoms with E-state index in [1.54, 1.807) is 38.1 Å². The molecule has 6 nitrogen and oxygen atoms in total. The lowest BCUT2D eigenvalue weighted by Gasteiger charge is -2.32. The van der Waals surface area contributed by atoms with Gasteiger partial charge in [-0.3, -0.25) is 9.59 Å². The minimum atomic E-state index is 0.0446. The molecule has 0 aliphatic carbocycles. The number of ether oxygens (including phenoxy) is 2. The van der Waals surface area contributed by atoms with Crippen LogP contribution < -0.4 is 9.80 Å². The van der Waals surface area contributed by atoms with Crippen LogP contribution in [0.1, 0.15) is 34.6 Å². The van der Waals surface area contributed by atoms with E-state index in [1.165, 1.54) is 0 Å². The summed E-state index contributed by atoms with van der Waals surface area (Å²) in [6, 6.07) is 14.8. The fourth-order valence-corrected chi connectivity index (χ4v) is 2.71. The van der Waals surface area contributed by atoms with E-state index >= 15 is 0 Å². The Morgan fingerprint density at radius 1 is 0.654 bits per heavy atom. The Morgan fingerprint density at radius 3 is 1.23 bits per heavy atom. The highest BCUT2D eigenvalue weighted by Gasteiger charge is 2.15. The second-order valence-electron chi connectivity index (χ2n) is 6.21. The molecule has 136 valence electrons. The lowest BCUT2D eigenvalue weighted by molar-refractivity contribution is 0.0407. The zero-order chi connectivity index (χ0) is 18.5. The summed E-state index contributed by atoms with van der Waals surface area (Å²) in [6.07, 6.45) is 0. The standard InChI is InChI=1S/C20H22N2O4/c1-15(23)17-3-7-19(8-4-17)21-11-25-13-22(14-26-12-21)20-9-5-18(6-10-20)16(2)24/h3-10H,11-14H2,1-2H3. The average Bonchev–Trinajstić information content (AvgIpc) is 2.62. The summed E-state index contributed by atoms with van der Waals surface area (Å²) < 4.78 is 11.6. The average molecular weight is 354 g/mol. The summed E-state index contributed by atoms with van der Waals surface area (Å²) in [4.78, 5) is 26.7. The fraction of sp³-hybridized carbons (Fsp3) is 0.300. The highest BCUT2D eigenvalue weighted by molar-refractivity contribution is 5.94. The van der Waals surface area contributed by atoms with Crippen LogP contribution in [0.3, 0.4) is 0 Å². The maximum absolute atomic E-state index is 11.4. The van der Waals surface area contributed by atoms with Crippen molar-refractivity contribution in [2.75, 3.05) is 36.7 Å². The van der Waals surface area contributed by atoms with Crippen LogP contribution in [0.5, 0.6) is 0 Å². The van der Waals surface area contributed by atoms with E-state index < -0.39 is 0 Å². The molecule has 0 aromatic heterocycles. The van der Waals surface area contributed by atoms with Gasteiger partial charge >= 0.3 is 0 Å². The minimum absolute atomic E-state index is 0.0446. The Kier molecular flexibility index (Phi) is 5.65. The first-order valence-electron chi connectivity index (χ1n) is 8.42. The van der Waals surface area contributed by atoms with Crippen molar-refractivity contribution < 1.29 is 19.1 Å². The molecule has 0 amide bonds. The number of benzene rings is 2. The van der Waals surface area contributed by atoms with E-state index in [-0.39, 0.29) is 11.6 Å². The number of carbonyl (C=O) groups is 2.